The Hall–Kier alpha value is -3.35. The van der Waals surface area contributed by atoms with Crippen molar-refractivity contribution in [1.29, 1.82) is 0 Å². The minimum atomic E-state index is -0.342. The molecule has 1 saturated heterocycles. The van der Waals surface area contributed by atoms with Crippen LogP contribution in [0, 0.1) is 17.6 Å². The van der Waals surface area contributed by atoms with Crippen LogP contribution in [0.4, 0.5) is 20.4 Å². The summed E-state index contributed by atoms with van der Waals surface area (Å²) in [5.74, 6) is -0.411. The normalized spacial score (nSPS) is 16.5. The Balaban J connectivity index is 1.42. The summed E-state index contributed by atoms with van der Waals surface area (Å²) < 4.78 is 26.4. The van der Waals surface area contributed by atoms with Crippen molar-refractivity contribution in [1.82, 2.24) is 9.97 Å². The lowest BCUT2D eigenvalue weighted by molar-refractivity contribution is -0.120. The Bertz CT molecular complexity index is 992. The van der Waals surface area contributed by atoms with E-state index in [1.165, 1.54) is 24.3 Å². The van der Waals surface area contributed by atoms with Crippen molar-refractivity contribution in [3.63, 3.8) is 0 Å². The van der Waals surface area contributed by atoms with E-state index in [0.29, 0.717) is 23.7 Å². The first-order chi connectivity index (χ1) is 14.1. The van der Waals surface area contributed by atoms with Crippen LogP contribution < -0.4 is 10.2 Å². The maximum absolute atomic E-state index is 13.4. The van der Waals surface area contributed by atoms with Gasteiger partial charge >= 0.3 is 0 Å². The summed E-state index contributed by atoms with van der Waals surface area (Å²) in [5.41, 5.74) is 2.02. The first-order valence-electron chi connectivity index (χ1n) is 9.48. The minimum Gasteiger partial charge on any atom is -0.340 e. The smallest absolute Gasteiger partial charge is 0.229 e. The first kappa shape index (κ1) is 19.0. The summed E-state index contributed by atoms with van der Waals surface area (Å²) in [4.78, 5) is 23.4. The molecule has 1 aliphatic heterocycles. The third-order valence-corrected chi connectivity index (χ3v) is 4.98. The molecule has 0 unspecified atom stereocenters. The van der Waals surface area contributed by atoms with Crippen LogP contribution in [-0.4, -0.2) is 29.0 Å². The molecule has 1 aliphatic rings. The fourth-order valence-electron chi connectivity index (χ4n) is 3.45. The van der Waals surface area contributed by atoms with Crippen LogP contribution in [0.2, 0.25) is 0 Å². The number of hydrogen-bond acceptors (Lipinski definition) is 4. The summed E-state index contributed by atoms with van der Waals surface area (Å²) in [6.45, 7) is 1.27. The van der Waals surface area contributed by atoms with E-state index in [0.717, 1.165) is 24.9 Å². The molecule has 0 radical (unpaired) electrons. The van der Waals surface area contributed by atoms with Crippen LogP contribution >= 0.6 is 0 Å². The largest absolute Gasteiger partial charge is 0.340 e. The number of aromatic nitrogens is 2. The summed E-state index contributed by atoms with van der Waals surface area (Å²) in [6.07, 6.45) is 4.94. The SMILES string of the molecule is O=C(Nc1ccc(F)cc1)[C@H]1CCCN(c2ncc(-c3cccc(F)c3)cn2)C1. The summed E-state index contributed by atoms with van der Waals surface area (Å²) in [7, 11) is 0. The minimum absolute atomic E-state index is 0.0994. The molecular weight excluding hydrogens is 374 g/mol. The Morgan fingerprint density at radius 2 is 1.76 bits per heavy atom. The van der Waals surface area contributed by atoms with Gasteiger partial charge in [0, 0.05) is 36.7 Å². The second-order valence-corrected chi connectivity index (χ2v) is 7.06. The number of nitrogens with one attached hydrogen (secondary N) is 1. The van der Waals surface area contributed by atoms with Crippen LogP contribution in [0.3, 0.4) is 0 Å². The molecule has 5 nitrogen and oxygen atoms in total. The number of anilines is 2. The predicted octanol–water partition coefficient (Wildman–Crippen LogP) is 4.28. The van der Waals surface area contributed by atoms with E-state index in [2.05, 4.69) is 15.3 Å². The standard InChI is InChI=1S/C22H20F2N4O/c23-18-6-8-20(9-7-18)27-21(29)16-4-2-10-28(14-16)22-25-12-17(13-26-22)15-3-1-5-19(24)11-15/h1,3,5-9,11-13,16H,2,4,10,14H2,(H,27,29)/t16-/m0/s1. The third-order valence-electron chi connectivity index (χ3n) is 4.98. The highest BCUT2D eigenvalue weighted by molar-refractivity contribution is 5.93. The molecule has 0 bridgehead atoms. The van der Waals surface area contributed by atoms with Gasteiger partial charge in [0.05, 0.1) is 5.92 Å². The van der Waals surface area contributed by atoms with E-state index in [-0.39, 0.29) is 23.5 Å². The average molecular weight is 394 g/mol. The van der Waals surface area contributed by atoms with Gasteiger partial charge in [-0.15, -0.1) is 0 Å². The Morgan fingerprint density at radius 3 is 2.48 bits per heavy atom. The van der Waals surface area contributed by atoms with Gasteiger partial charge in [-0.05, 0) is 54.8 Å². The number of piperidine rings is 1. The van der Waals surface area contributed by atoms with E-state index in [9.17, 15) is 13.6 Å². The highest BCUT2D eigenvalue weighted by Crippen LogP contribution is 2.24. The number of benzene rings is 2. The molecule has 148 valence electrons. The zero-order valence-electron chi connectivity index (χ0n) is 15.7. The molecule has 2 heterocycles. The van der Waals surface area contributed by atoms with Crippen LogP contribution in [-0.2, 0) is 4.79 Å². The second kappa shape index (κ2) is 8.34. The van der Waals surface area contributed by atoms with Gasteiger partial charge in [0.25, 0.3) is 0 Å². The van der Waals surface area contributed by atoms with Gasteiger partial charge in [-0.3, -0.25) is 4.79 Å². The molecule has 0 spiro atoms. The molecule has 2 aromatic carbocycles. The van der Waals surface area contributed by atoms with E-state index in [1.807, 2.05) is 4.90 Å². The molecule has 0 saturated carbocycles. The lowest BCUT2D eigenvalue weighted by atomic mass is 9.97. The lowest BCUT2D eigenvalue weighted by Gasteiger charge is -2.32. The summed E-state index contributed by atoms with van der Waals surface area (Å²) >= 11 is 0. The van der Waals surface area contributed by atoms with E-state index in [4.69, 9.17) is 0 Å². The number of amides is 1. The molecule has 3 aromatic rings. The zero-order valence-corrected chi connectivity index (χ0v) is 15.7. The van der Waals surface area contributed by atoms with Gasteiger partial charge in [0.1, 0.15) is 11.6 Å². The molecule has 7 heteroatoms. The summed E-state index contributed by atoms with van der Waals surface area (Å²) in [6, 6.07) is 12.0. The Kier molecular flexibility index (Phi) is 5.46. The fraction of sp³-hybridized carbons (Fsp3) is 0.227. The molecule has 1 aromatic heterocycles. The van der Waals surface area contributed by atoms with Gasteiger partial charge < -0.3 is 10.2 Å². The van der Waals surface area contributed by atoms with Crippen LogP contribution in [0.1, 0.15) is 12.8 Å². The van der Waals surface area contributed by atoms with Gasteiger partial charge in [0.2, 0.25) is 11.9 Å². The number of rotatable bonds is 4. The van der Waals surface area contributed by atoms with Crippen molar-refractivity contribution in [2.24, 2.45) is 5.92 Å². The number of halogens is 2. The number of nitrogens with zero attached hydrogens (tertiary/aromatic N) is 3. The molecule has 1 N–H and O–H groups in total. The van der Waals surface area contributed by atoms with Crippen molar-refractivity contribution in [3.05, 3.63) is 72.6 Å². The van der Waals surface area contributed by atoms with Crippen molar-refractivity contribution in [3.8, 4) is 11.1 Å². The van der Waals surface area contributed by atoms with Crippen molar-refractivity contribution in [2.75, 3.05) is 23.3 Å². The van der Waals surface area contributed by atoms with Crippen LogP contribution in [0.15, 0.2) is 60.9 Å². The number of carbonyl (C=O) groups is 1. The van der Waals surface area contributed by atoms with Gasteiger partial charge in [-0.25, -0.2) is 18.7 Å². The van der Waals surface area contributed by atoms with E-state index >= 15 is 0 Å². The maximum atomic E-state index is 13.4. The predicted molar refractivity (Wildman–Crippen MR) is 107 cm³/mol. The van der Waals surface area contributed by atoms with Crippen LogP contribution in [0.25, 0.3) is 11.1 Å². The van der Waals surface area contributed by atoms with Crippen molar-refractivity contribution >= 4 is 17.5 Å². The second-order valence-electron chi connectivity index (χ2n) is 7.06. The molecule has 0 aliphatic carbocycles. The molecule has 1 atom stereocenters. The third kappa shape index (κ3) is 4.56. The lowest BCUT2D eigenvalue weighted by Crippen LogP contribution is -2.41. The highest BCUT2D eigenvalue weighted by atomic mass is 19.1. The fourth-order valence-corrected chi connectivity index (χ4v) is 3.45. The molecule has 29 heavy (non-hydrogen) atoms. The van der Waals surface area contributed by atoms with Gasteiger partial charge in [-0.1, -0.05) is 12.1 Å². The van der Waals surface area contributed by atoms with Crippen LogP contribution in [0.5, 0.6) is 0 Å². The van der Waals surface area contributed by atoms with Crippen molar-refractivity contribution in [2.45, 2.75) is 12.8 Å². The first-order valence-corrected chi connectivity index (χ1v) is 9.48. The molecule has 1 fully saturated rings. The molecular formula is C22H20F2N4O. The monoisotopic (exact) mass is 394 g/mol. The maximum Gasteiger partial charge on any atom is 0.229 e. The number of carbonyl (C=O) groups excluding carboxylic acids is 1. The summed E-state index contributed by atoms with van der Waals surface area (Å²) in [5, 5.41) is 2.84. The Morgan fingerprint density at radius 1 is 1.00 bits per heavy atom. The Labute approximate surface area is 167 Å². The average Bonchev–Trinajstić information content (AvgIpc) is 2.75. The molecule has 4 rings (SSSR count). The number of hydrogen-bond donors (Lipinski definition) is 1. The van der Waals surface area contributed by atoms with Crippen molar-refractivity contribution < 1.29 is 13.6 Å². The van der Waals surface area contributed by atoms with Gasteiger partial charge in [-0.2, -0.15) is 0 Å². The van der Waals surface area contributed by atoms with Gasteiger partial charge in [0.15, 0.2) is 0 Å². The topological polar surface area (TPSA) is 58.1 Å². The van der Waals surface area contributed by atoms with E-state index < -0.39 is 0 Å². The van der Waals surface area contributed by atoms with E-state index in [1.54, 1.807) is 36.7 Å². The quantitative estimate of drug-likeness (QED) is 0.718. The zero-order chi connectivity index (χ0) is 20.2. The molecule has 1 amide bonds. The highest BCUT2D eigenvalue weighted by Gasteiger charge is 2.27.